The van der Waals surface area contributed by atoms with Crippen molar-refractivity contribution in [1.29, 1.82) is 0 Å². The van der Waals surface area contributed by atoms with Gasteiger partial charge in [-0.15, -0.1) is 24.0 Å². The molecule has 1 aliphatic carbocycles. The highest BCUT2D eigenvalue weighted by Crippen LogP contribution is 2.28. The molecule has 6 heteroatoms. The quantitative estimate of drug-likeness (QED) is 0.263. The van der Waals surface area contributed by atoms with E-state index in [2.05, 4.69) is 15.6 Å². The second-order valence-corrected chi connectivity index (χ2v) is 6.12. The van der Waals surface area contributed by atoms with E-state index in [0.29, 0.717) is 0 Å². The van der Waals surface area contributed by atoms with E-state index in [1.54, 1.807) is 13.1 Å². The lowest BCUT2D eigenvalue weighted by atomic mass is 10.1. The molecule has 2 rings (SSSR count). The summed E-state index contributed by atoms with van der Waals surface area (Å²) < 4.78 is 18.7. The fraction of sp³-hybridized carbons (Fsp3) is 0.611. The van der Waals surface area contributed by atoms with Crippen molar-refractivity contribution < 1.29 is 9.13 Å². The average Bonchev–Trinajstić information content (AvgIpc) is 3.35. The standard InChI is InChI=1S/C18H28FN3O.HI/c1-14-12-17(19)7-6-16(14)8-10-22-18(20-2)21-9-3-11-23-13-15-4-5-15;/h6-7,12,15H,3-5,8-11,13H2,1-2H3,(H2,20,21,22);1H. The fourth-order valence-electron chi connectivity index (χ4n) is 2.39. The molecule has 0 saturated heterocycles. The molecule has 1 aromatic carbocycles. The predicted octanol–water partition coefficient (Wildman–Crippen LogP) is 3.28. The second kappa shape index (κ2) is 11.6. The third kappa shape index (κ3) is 8.28. The summed E-state index contributed by atoms with van der Waals surface area (Å²) in [4.78, 5) is 4.21. The van der Waals surface area contributed by atoms with E-state index >= 15 is 0 Å². The number of nitrogens with one attached hydrogen (secondary N) is 2. The van der Waals surface area contributed by atoms with Gasteiger partial charge >= 0.3 is 0 Å². The van der Waals surface area contributed by atoms with Gasteiger partial charge in [0.1, 0.15) is 5.82 Å². The van der Waals surface area contributed by atoms with Crippen molar-refractivity contribution in [3.8, 4) is 0 Å². The molecule has 1 saturated carbocycles. The Labute approximate surface area is 161 Å². The van der Waals surface area contributed by atoms with Crippen LogP contribution < -0.4 is 10.6 Å². The van der Waals surface area contributed by atoms with E-state index in [4.69, 9.17) is 4.74 Å². The van der Waals surface area contributed by atoms with Crippen LogP contribution in [0.15, 0.2) is 23.2 Å². The van der Waals surface area contributed by atoms with Crippen LogP contribution >= 0.6 is 24.0 Å². The minimum Gasteiger partial charge on any atom is -0.381 e. The topological polar surface area (TPSA) is 45.7 Å². The fourth-order valence-corrected chi connectivity index (χ4v) is 2.39. The van der Waals surface area contributed by atoms with Gasteiger partial charge in [0, 0.05) is 33.4 Å². The van der Waals surface area contributed by atoms with Gasteiger partial charge in [0.15, 0.2) is 5.96 Å². The average molecular weight is 449 g/mol. The van der Waals surface area contributed by atoms with E-state index in [-0.39, 0.29) is 29.8 Å². The Morgan fingerprint density at radius 1 is 1.29 bits per heavy atom. The van der Waals surface area contributed by atoms with Gasteiger partial charge in [-0.1, -0.05) is 6.07 Å². The lowest BCUT2D eigenvalue weighted by molar-refractivity contribution is 0.123. The zero-order chi connectivity index (χ0) is 16.5. The molecule has 24 heavy (non-hydrogen) atoms. The van der Waals surface area contributed by atoms with Crippen LogP contribution in [0.25, 0.3) is 0 Å². The Kier molecular flexibility index (Phi) is 10.2. The Hall–Kier alpha value is -0.890. The molecule has 4 nitrogen and oxygen atoms in total. The first-order chi connectivity index (χ1) is 11.2. The molecule has 0 spiro atoms. The SMILES string of the molecule is CN=C(NCCCOCC1CC1)NCCc1ccc(F)cc1C.I. The van der Waals surface area contributed by atoms with Crippen LogP contribution in [-0.4, -0.2) is 39.3 Å². The van der Waals surface area contributed by atoms with Crippen molar-refractivity contribution in [2.45, 2.75) is 32.6 Å². The Bertz CT molecular complexity index is 521. The number of aryl methyl sites for hydroxylation is 1. The molecule has 1 aliphatic rings. The van der Waals surface area contributed by atoms with E-state index in [0.717, 1.165) is 62.1 Å². The Morgan fingerprint density at radius 3 is 2.71 bits per heavy atom. The summed E-state index contributed by atoms with van der Waals surface area (Å²) in [6.07, 6.45) is 4.49. The predicted molar refractivity (Wildman–Crippen MR) is 108 cm³/mol. The largest absolute Gasteiger partial charge is 0.381 e. The number of halogens is 2. The summed E-state index contributed by atoms with van der Waals surface area (Å²) in [6, 6.07) is 4.93. The second-order valence-electron chi connectivity index (χ2n) is 6.12. The van der Waals surface area contributed by atoms with E-state index < -0.39 is 0 Å². The lowest BCUT2D eigenvalue weighted by Crippen LogP contribution is -2.39. The van der Waals surface area contributed by atoms with Gasteiger partial charge in [-0.25, -0.2) is 4.39 Å². The maximum atomic E-state index is 13.1. The van der Waals surface area contributed by atoms with Crippen LogP contribution in [0.5, 0.6) is 0 Å². The molecule has 0 amide bonds. The number of ether oxygens (including phenoxy) is 1. The van der Waals surface area contributed by atoms with E-state index in [1.165, 1.54) is 18.9 Å². The van der Waals surface area contributed by atoms with E-state index in [9.17, 15) is 4.39 Å². The van der Waals surface area contributed by atoms with Crippen LogP contribution in [0.1, 0.15) is 30.4 Å². The minimum absolute atomic E-state index is 0. The van der Waals surface area contributed by atoms with Crippen LogP contribution in [0.3, 0.4) is 0 Å². The number of rotatable bonds is 9. The molecule has 0 bridgehead atoms. The molecule has 1 aromatic rings. The van der Waals surface area contributed by atoms with Gasteiger partial charge in [-0.2, -0.15) is 0 Å². The number of benzene rings is 1. The van der Waals surface area contributed by atoms with Gasteiger partial charge in [0.05, 0.1) is 0 Å². The molecule has 2 N–H and O–H groups in total. The smallest absolute Gasteiger partial charge is 0.190 e. The van der Waals surface area contributed by atoms with Crippen molar-refractivity contribution in [3.05, 3.63) is 35.1 Å². The van der Waals surface area contributed by atoms with Gasteiger partial charge in [0.2, 0.25) is 0 Å². The van der Waals surface area contributed by atoms with Crippen LogP contribution in [0.4, 0.5) is 4.39 Å². The molecule has 136 valence electrons. The zero-order valence-corrected chi connectivity index (χ0v) is 16.9. The zero-order valence-electron chi connectivity index (χ0n) is 14.6. The molecule has 0 aromatic heterocycles. The molecular formula is C18H29FIN3O. The third-order valence-electron chi connectivity index (χ3n) is 4.02. The van der Waals surface area contributed by atoms with Crippen molar-refractivity contribution in [3.63, 3.8) is 0 Å². The minimum atomic E-state index is -0.180. The summed E-state index contributed by atoms with van der Waals surface area (Å²) in [5.41, 5.74) is 2.14. The monoisotopic (exact) mass is 449 g/mol. The van der Waals surface area contributed by atoms with Crippen molar-refractivity contribution in [2.24, 2.45) is 10.9 Å². The van der Waals surface area contributed by atoms with Gasteiger partial charge in [-0.3, -0.25) is 4.99 Å². The molecule has 0 heterocycles. The van der Waals surface area contributed by atoms with Crippen molar-refractivity contribution >= 4 is 29.9 Å². The molecular weight excluding hydrogens is 420 g/mol. The summed E-state index contributed by atoms with van der Waals surface area (Å²) in [5.74, 6) is 1.44. The first-order valence-corrected chi connectivity index (χ1v) is 8.46. The van der Waals surface area contributed by atoms with Crippen molar-refractivity contribution in [2.75, 3.05) is 33.4 Å². The van der Waals surface area contributed by atoms with Crippen LogP contribution in [0.2, 0.25) is 0 Å². The Balaban J connectivity index is 0.00000288. The highest BCUT2D eigenvalue weighted by Gasteiger charge is 2.20. The normalized spacial score (nSPS) is 14.2. The third-order valence-corrected chi connectivity index (χ3v) is 4.02. The highest BCUT2D eigenvalue weighted by atomic mass is 127. The molecule has 0 radical (unpaired) electrons. The summed E-state index contributed by atoms with van der Waals surface area (Å²) in [7, 11) is 1.77. The first-order valence-electron chi connectivity index (χ1n) is 8.46. The van der Waals surface area contributed by atoms with Crippen LogP contribution in [-0.2, 0) is 11.2 Å². The number of aliphatic imine (C=N–C) groups is 1. The maximum Gasteiger partial charge on any atom is 0.190 e. The summed E-state index contributed by atoms with van der Waals surface area (Å²) in [6.45, 7) is 5.27. The maximum absolute atomic E-state index is 13.1. The summed E-state index contributed by atoms with van der Waals surface area (Å²) in [5, 5.41) is 6.57. The molecule has 0 unspecified atom stereocenters. The van der Waals surface area contributed by atoms with Gasteiger partial charge in [-0.05, 0) is 61.8 Å². The van der Waals surface area contributed by atoms with E-state index in [1.807, 2.05) is 13.0 Å². The summed E-state index contributed by atoms with van der Waals surface area (Å²) >= 11 is 0. The van der Waals surface area contributed by atoms with Crippen LogP contribution in [0, 0.1) is 18.7 Å². The van der Waals surface area contributed by atoms with Crippen molar-refractivity contribution in [1.82, 2.24) is 10.6 Å². The lowest BCUT2D eigenvalue weighted by Gasteiger charge is -2.12. The van der Waals surface area contributed by atoms with Gasteiger partial charge in [0.25, 0.3) is 0 Å². The number of guanidine groups is 1. The first kappa shape index (κ1) is 21.2. The molecule has 0 atom stereocenters. The number of hydrogen-bond acceptors (Lipinski definition) is 2. The van der Waals surface area contributed by atoms with Gasteiger partial charge < -0.3 is 15.4 Å². The highest BCUT2D eigenvalue weighted by molar-refractivity contribution is 14.0. The molecule has 1 fully saturated rings. The molecule has 0 aliphatic heterocycles. The number of nitrogens with zero attached hydrogens (tertiary/aromatic N) is 1. The number of hydrogen-bond donors (Lipinski definition) is 2. The Morgan fingerprint density at radius 2 is 2.04 bits per heavy atom.